The predicted molar refractivity (Wildman–Crippen MR) is 88.6 cm³/mol. The number of fused-ring (bicyclic) bond motifs is 1. The first-order valence-corrected chi connectivity index (χ1v) is 9.67. The molecule has 2 aliphatic heterocycles. The molecule has 0 bridgehead atoms. The van der Waals surface area contributed by atoms with Crippen molar-refractivity contribution in [3.05, 3.63) is 23.8 Å². The van der Waals surface area contributed by atoms with Crippen LogP contribution in [0.25, 0.3) is 0 Å². The predicted octanol–water partition coefficient (Wildman–Crippen LogP) is 1.07. The van der Waals surface area contributed by atoms with E-state index in [0.29, 0.717) is 13.0 Å². The molecule has 2 atom stereocenters. The Morgan fingerprint density at radius 1 is 1.43 bits per heavy atom. The van der Waals surface area contributed by atoms with Gasteiger partial charge in [-0.15, -0.1) is 0 Å². The summed E-state index contributed by atoms with van der Waals surface area (Å²) in [7, 11) is -1.31. The van der Waals surface area contributed by atoms with Gasteiger partial charge in [-0.05, 0) is 37.1 Å². The fraction of sp³-hybridized carbons (Fsp3) is 0.562. The third-order valence-corrected chi connectivity index (χ3v) is 6.30. The van der Waals surface area contributed by atoms with Crippen molar-refractivity contribution in [2.24, 2.45) is 0 Å². The van der Waals surface area contributed by atoms with Gasteiger partial charge in [0.2, 0.25) is 5.91 Å². The number of rotatable bonds is 4. The van der Waals surface area contributed by atoms with Crippen LogP contribution in [0.15, 0.2) is 18.2 Å². The summed E-state index contributed by atoms with van der Waals surface area (Å²) in [6, 6.07) is 5.18. The summed E-state index contributed by atoms with van der Waals surface area (Å²) in [6.45, 7) is 2.50. The monoisotopic (exact) mass is 338 g/mol. The molecule has 0 aromatic heterocycles. The molecule has 7 heteroatoms. The third-order valence-electron chi connectivity index (χ3n) is 4.55. The molecule has 2 aliphatic rings. The van der Waals surface area contributed by atoms with Crippen LogP contribution < -0.4 is 10.1 Å². The van der Waals surface area contributed by atoms with Crippen molar-refractivity contribution in [1.29, 1.82) is 0 Å². The molecule has 1 fully saturated rings. The van der Waals surface area contributed by atoms with Crippen LogP contribution >= 0.6 is 0 Å². The van der Waals surface area contributed by atoms with Crippen molar-refractivity contribution in [3.8, 4) is 5.75 Å². The third kappa shape index (κ3) is 3.44. The minimum absolute atomic E-state index is 0.0676. The van der Waals surface area contributed by atoms with E-state index in [0.717, 1.165) is 23.4 Å². The summed E-state index contributed by atoms with van der Waals surface area (Å²) in [6.07, 6.45) is 1.40. The van der Waals surface area contributed by atoms with E-state index in [-0.39, 0.29) is 23.5 Å². The number of nitrogens with zero attached hydrogens (tertiary/aromatic N) is 1. The highest BCUT2D eigenvalue weighted by Crippen LogP contribution is 2.28. The topological polar surface area (TPSA) is 75.7 Å². The van der Waals surface area contributed by atoms with Crippen molar-refractivity contribution in [3.63, 3.8) is 0 Å². The first-order chi connectivity index (χ1) is 10.9. The van der Waals surface area contributed by atoms with Gasteiger partial charge in [0.15, 0.2) is 9.84 Å². The zero-order chi connectivity index (χ0) is 16.6. The van der Waals surface area contributed by atoms with Crippen LogP contribution in [0, 0.1) is 0 Å². The molecule has 6 nitrogen and oxygen atoms in total. The summed E-state index contributed by atoms with van der Waals surface area (Å²) >= 11 is 0. The lowest BCUT2D eigenvalue weighted by molar-refractivity contribution is -0.132. The smallest absolute Gasteiger partial charge is 0.244 e. The van der Waals surface area contributed by atoms with Gasteiger partial charge in [-0.3, -0.25) is 4.79 Å². The van der Waals surface area contributed by atoms with Crippen molar-refractivity contribution in [2.45, 2.75) is 31.8 Å². The molecule has 0 unspecified atom stereocenters. The van der Waals surface area contributed by atoms with E-state index in [4.69, 9.17) is 4.74 Å². The van der Waals surface area contributed by atoms with Crippen molar-refractivity contribution >= 4 is 21.4 Å². The number of likely N-dealkylation sites (N-methyl/N-ethyl adjacent to an activating group) is 1. The number of carbonyl (C=O) groups is 1. The molecule has 2 heterocycles. The lowest BCUT2D eigenvalue weighted by Crippen LogP contribution is -2.45. The standard InChI is InChI=1S/C16H22N2O4S/c1-11(16(19)18(2)14-6-8-23(20,21)10-14)17-13-3-4-15-12(9-13)5-7-22-15/h3-4,9,11,14,17H,5-8,10H2,1-2H3/t11-,14+/m0/s1. The van der Waals surface area contributed by atoms with Crippen LogP contribution in [-0.2, 0) is 21.1 Å². The zero-order valence-electron chi connectivity index (χ0n) is 13.4. The van der Waals surface area contributed by atoms with Crippen LogP contribution in [0.2, 0.25) is 0 Å². The number of carbonyl (C=O) groups excluding carboxylic acids is 1. The van der Waals surface area contributed by atoms with Gasteiger partial charge in [0.25, 0.3) is 0 Å². The van der Waals surface area contributed by atoms with Gasteiger partial charge in [0.05, 0.1) is 18.1 Å². The molecule has 126 valence electrons. The summed E-state index contributed by atoms with van der Waals surface area (Å²) in [5.74, 6) is 1.05. The first-order valence-electron chi connectivity index (χ1n) is 7.85. The molecular formula is C16H22N2O4S. The summed E-state index contributed by atoms with van der Waals surface area (Å²) in [4.78, 5) is 14.1. The molecular weight excluding hydrogens is 316 g/mol. The summed E-state index contributed by atoms with van der Waals surface area (Å²) < 4.78 is 28.6. The lowest BCUT2D eigenvalue weighted by Gasteiger charge is -2.27. The highest BCUT2D eigenvalue weighted by atomic mass is 32.2. The second kappa shape index (κ2) is 6.03. The van der Waals surface area contributed by atoms with Gasteiger partial charge in [-0.25, -0.2) is 8.42 Å². The van der Waals surface area contributed by atoms with E-state index in [1.165, 1.54) is 0 Å². The van der Waals surface area contributed by atoms with E-state index in [1.54, 1.807) is 18.9 Å². The van der Waals surface area contributed by atoms with Crippen LogP contribution in [-0.4, -0.2) is 56.5 Å². The minimum atomic E-state index is -2.99. The Morgan fingerprint density at radius 3 is 2.91 bits per heavy atom. The Kier molecular flexibility index (Phi) is 4.23. The summed E-state index contributed by atoms with van der Waals surface area (Å²) in [5.41, 5.74) is 2.02. The summed E-state index contributed by atoms with van der Waals surface area (Å²) in [5, 5.41) is 3.20. The maximum absolute atomic E-state index is 12.5. The average Bonchev–Trinajstić information content (AvgIpc) is 3.11. The number of hydrogen-bond acceptors (Lipinski definition) is 5. The number of benzene rings is 1. The molecule has 1 amide bonds. The van der Waals surface area contributed by atoms with Gasteiger partial charge in [0, 0.05) is 25.2 Å². The Bertz CT molecular complexity index is 717. The lowest BCUT2D eigenvalue weighted by atomic mass is 10.1. The molecule has 0 saturated carbocycles. The van der Waals surface area contributed by atoms with Gasteiger partial charge in [-0.1, -0.05) is 0 Å². The van der Waals surface area contributed by atoms with E-state index >= 15 is 0 Å². The highest BCUT2D eigenvalue weighted by Gasteiger charge is 2.34. The quantitative estimate of drug-likeness (QED) is 0.889. The Hall–Kier alpha value is -1.76. The second-order valence-electron chi connectivity index (χ2n) is 6.29. The normalized spacial score (nSPS) is 23.0. The molecule has 1 aromatic rings. The number of nitrogens with one attached hydrogen (secondary N) is 1. The van der Waals surface area contributed by atoms with E-state index in [1.807, 2.05) is 18.2 Å². The fourth-order valence-electron chi connectivity index (χ4n) is 3.15. The first kappa shape index (κ1) is 16.1. The van der Waals surface area contributed by atoms with Gasteiger partial charge < -0.3 is 15.0 Å². The molecule has 3 rings (SSSR count). The Labute approximate surface area is 136 Å². The van der Waals surface area contributed by atoms with Gasteiger partial charge >= 0.3 is 0 Å². The van der Waals surface area contributed by atoms with Crippen molar-refractivity contribution in [1.82, 2.24) is 4.90 Å². The number of amides is 1. The van der Waals surface area contributed by atoms with Crippen molar-refractivity contribution < 1.29 is 17.9 Å². The van der Waals surface area contributed by atoms with E-state index < -0.39 is 15.9 Å². The molecule has 23 heavy (non-hydrogen) atoms. The maximum Gasteiger partial charge on any atom is 0.244 e. The van der Waals surface area contributed by atoms with Crippen molar-refractivity contribution in [2.75, 3.05) is 30.5 Å². The van der Waals surface area contributed by atoms with Crippen LogP contribution in [0.3, 0.4) is 0 Å². The minimum Gasteiger partial charge on any atom is -0.493 e. The number of hydrogen-bond donors (Lipinski definition) is 1. The fourth-order valence-corrected chi connectivity index (χ4v) is 4.93. The van der Waals surface area contributed by atoms with E-state index in [9.17, 15) is 13.2 Å². The van der Waals surface area contributed by atoms with Crippen LogP contribution in [0.1, 0.15) is 18.9 Å². The van der Waals surface area contributed by atoms with Gasteiger partial charge in [-0.2, -0.15) is 0 Å². The van der Waals surface area contributed by atoms with E-state index in [2.05, 4.69) is 5.32 Å². The molecule has 1 aromatic carbocycles. The Morgan fingerprint density at radius 2 is 2.22 bits per heavy atom. The number of ether oxygens (including phenoxy) is 1. The SMILES string of the molecule is C[C@H](Nc1ccc2c(c1)CCO2)C(=O)N(C)[C@@H]1CCS(=O)(=O)C1. The zero-order valence-corrected chi connectivity index (χ0v) is 14.2. The largest absolute Gasteiger partial charge is 0.493 e. The maximum atomic E-state index is 12.5. The molecule has 1 N–H and O–H groups in total. The van der Waals surface area contributed by atoms with Crippen LogP contribution in [0.4, 0.5) is 5.69 Å². The molecule has 0 radical (unpaired) electrons. The molecule has 1 saturated heterocycles. The average molecular weight is 338 g/mol. The number of anilines is 1. The highest BCUT2D eigenvalue weighted by molar-refractivity contribution is 7.91. The molecule has 0 spiro atoms. The van der Waals surface area contributed by atoms with Gasteiger partial charge in [0.1, 0.15) is 11.8 Å². The van der Waals surface area contributed by atoms with Crippen LogP contribution in [0.5, 0.6) is 5.75 Å². The Balaban J connectivity index is 1.63. The number of sulfone groups is 1. The second-order valence-corrected chi connectivity index (χ2v) is 8.52. The molecule has 0 aliphatic carbocycles.